The fraction of sp³-hybridized carbons (Fsp3) is 0.333. The Bertz CT molecular complexity index is 420. The monoisotopic (exact) mass is 255 g/mol. The number of carboxylic acid groups (broad SMARTS) is 1. The summed E-state index contributed by atoms with van der Waals surface area (Å²) in [6, 6.07) is 7.21. The zero-order chi connectivity index (χ0) is 12.8. The number of hydrogen-bond donors (Lipinski definition) is 2. The van der Waals surface area contributed by atoms with Crippen molar-refractivity contribution in [2.24, 2.45) is 0 Å². The lowest BCUT2D eigenvalue weighted by Crippen LogP contribution is -2.35. The van der Waals surface area contributed by atoms with E-state index in [4.69, 9.17) is 16.7 Å². The molecule has 17 heavy (non-hydrogen) atoms. The molecule has 0 spiro atoms. The van der Waals surface area contributed by atoms with E-state index in [-0.39, 0.29) is 6.04 Å². The Morgan fingerprint density at radius 3 is 2.65 bits per heavy atom. The SMILES string of the molecule is CC(Cc1ccccc1Cl)NC(=O)CC(=O)O. The summed E-state index contributed by atoms with van der Waals surface area (Å²) in [6.07, 6.45) is 0.0674. The maximum Gasteiger partial charge on any atom is 0.312 e. The van der Waals surface area contributed by atoms with Crippen LogP contribution in [0.25, 0.3) is 0 Å². The predicted octanol–water partition coefficient (Wildman–Crippen LogP) is 1.86. The Morgan fingerprint density at radius 1 is 1.41 bits per heavy atom. The highest BCUT2D eigenvalue weighted by molar-refractivity contribution is 6.31. The fourth-order valence-electron chi connectivity index (χ4n) is 1.51. The third kappa shape index (κ3) is 4.87. The Kier molecular flexibility index (Phi) is 4.97. The zero-order valence-electron chi connectivity index (χ0n) is 9.44. The van der Waals surface area contributed by atoms with Crippen molar-refractivity contribution in [3.63, 3.8) is 0 Å². The van der Waals surface area contributed by atoms with E-state index in [9.17, 15) is 9.59 Å². The quantitative estimate of drug-likeness (QED) is 0.790. The van der Waals surface area contributed by atoms with E-state index >= 15 is 0 Å². The lowest BCUT2D eigenvalue weighted by molar-refractivity contribution is -0.140. The molecule has 0 aliphatic rings. The number of carbonyl (C=O) groups is 2. The average Bonchev–Trinajstić information content (AvgIpc) is 2.19. The van der Waals surface area contributed by atoms with Crippen LogP contribution in [0.3, 0.4) is 0 Å². The maximum atomic E-state index is 11.2. The molecule has 0 saturated heterocycles. The van der Waals surface area contributed by atoms with Gasteiger partial charge < -0.3 is 10.4 Å². The van der Waals surface area contributed by atoms with Crippen LogP contribution in [-0.4, -0.2) is 23.0 Å². The second-order valence-electron chi connectivity index (χ2n) is 3.83. The second kappa shape index (κ2) is 6.25. The Hall–Kier alpha value is -1.55. The van der Waals surface area contributed by atoms with Crippen LogP contribution >= 0.6 is 11.6 Å². The Labute approximate surface area is 105 Å². The van der Waals surface area contributed by atoms with Gasteiger partial charge in [-0.2, -0.15) is 0 Å². The van der Waals surface area contributed by atoms with Crippen LogP contribution in [0.4, 0.5) is 0 Å². The van der Waals surface area contributed by atoms with E-state index in [1.165, 1.54) is 0 Å². The largest absolute Gasteiger partial charge is 0.481 e. The standard InChI is InChI=1S/C12H14ClNO3/c1-8(14-11(15)7-12(16)17)6-9-4-2-3-5-10(9)13/h2-5,8H,6-7H2,1H3,(H,14,15)(H,16,17). The highest BCUT2D eigenvalue weighted by Crippen LogP contribution is 2.16. The molecule has 0 heterocycles. The van der Waals surface area contributed by atoms with Gasteiger partial charge in [-0.25, -0.2) is 0 Å². The highest BCUT2D eigenvalue weighted by Gasteiger charge is 2.12. The number of nitrogens with one attached hydrogen (secondary N) is 1. The molecule has 5 heteroatoms. The van der Waals surface area contributed by atoms with E-state index < -0.39 is 18.3 Å². The summed E-state index contributed by atoms with van der Waals surface area (Å²) in [5.74, 6) is -1.62. The molecule has 1 rings (SSSR count). The van der Waals surface area contributed by atoms with Crippen LogP contribution < -0.4 is 5.32 Å². The van der Waals surface area contributed by atoms with E-state index in [0.29, 0.717) is 11.4 Å². The van der Waals surface area contributed by atoms with E-state index in [1.807, 2.05) is 25.1 Å². The van der Waals surface area contributed by atoms with Crippen molar-refractivity contribution >= 4 is 23.5 Å². The molecule has 1 atom stereocenters. The average molecular weight is 256 g/mol. The number of halogens is 1. The van der Waals surface area contributed by atoms with E-state index in [1.54, 1.807) is 6.07 Å². The first-order valence-corrected chi connectivity index (χ1v) is 5.61. The Morgan fingerprint density at radius 2 is 2.06 bits per heavy atom. The first kappa shape index (κ1) is 13.5. The molecular weight excluding hydrogens is 242 g/mol. The molecule has 1 aromatic rings. The predicted molar refractivity (Wildman–Crippen MR) is 65.0 cm³/mol. The molecule has 0 fully saturated rings. The van der Waals surface area contributed by atoms with Crippen molar-refractivity contribution in [2.45, 2.75) is 25.8 Å². The number of carboxylic acids is 1. The van der Waals surface area contributed by atoms with Crippen molar-refractivity contribution in [3.05, 3.63) is 34.9 Å². The molecular formula is C12H14ClNO3. The van der Waals surface area contributed by atoms with Crippen molar-refractivity contribution in [3.8, 4) is 0 Å². The molecule has 0 aromatic heterocycles. The van der Waals surface area contributed by atoms with Gasteiger partial charge >= 0.3 is 5.97 Å². The molecule has 1 unspecified atom stereocenters. The van der Waals surface area contributed by atoms with E-state index in [2.05, 4.69) is 5.32 Å². The molecule has 2 N–H and O–H groups in total. The van der Waals surface area contributed by atoms with Crippen LogP contribution in [0.15, 0.2) is 24.3 Å². The number of rotatable bonds is 5. The minimum Gasteiger partial charge on any atom is -0.481 e. The van der Waals surface area contributed by atoms with Crippen LogP contribution in [0.5, 0.6) is 0 Å². The van der Waals surface area contributed by atoms with Gasteiger partial charge in [-0.05, 0) is 25.0 Å². The molecule has 0 saturated carbocycles. The van der Waals surface area contributed by atoms with Gasteiger partial charge in [0.25, 0.3) is 0 Å². The second-order valence-corrected chi connectivity index (χ2v) is 4.24. The van der Waals surface area contributed by atoms with Crippen molar-refractivity contribution in [1.29, 1.82) is 0 Å². The summed E-state index contributed by atoms with van der Waals surface area (Å²) in [5.41, 5.74) is 0.928. The highest BCUT2D eigenvalue weighted by atomic mass is 35.5. The minimum absolute atomic E-state index is 0.151. The number of benzene rings is 1. The molecule has 0 bridgehead atoms. The summed E-state index contributed by atoms with van der Waals surface area (Å²) >= 11 is 5.98. The van der Waals surface area contributed by atoms with Gasteiger partial charge in [0.05, 0.1) is 0 Å². The van der Waals surface area contributed by atoms with Crippen molar-refractivity contribution in [2.75, 3.05) is 0 Å². The van der Waals surface area contributed by atoms with Crippen molar-refractivity contribution in [1.82, 2.24) is 5.32 Å². The smallest absolute Gasteiger partial charge is 0.312 e. The summed E-state index contributed by atoms with van der Waals surface area (Å²) in [4.78, 5) is 21.5. The first-order chi connectivity index (χ1) is 7.99. The lowest BCUT2D eigenvalue weighted by atomic mass is 10.1. The van der Waals surface area contributed by atoms with Gasteiger partial charge in [0.2, 0.25) is 5.91 Å². The molecule has 1 aromatic carbocycles. The maximum absolute atomic E-state index is 11.2. The number of carbonyl (C=O) groups excluding carboxylic acids is 1. The molecule has 0 aliphatic carbocycles. The summed E-state index contributed by atoms with van der Waals surface area (Å²) in [5, 5.41) is 11.7. The van der Waals surface area contributed by atoms with Crippen LogP contribution in [-0.2, 0) is 16.0 Å². The molecule has 0 aliphatic heterocycles. The van der Waals surface area contributed by atoms with Crippen LogP contribution in [0, 0.1) is 0 Å². The van der Waals surface area contributed by atoms with Gasteiger partial charge in [-0.1, -0.05) is 29.8 Å². The van der Waals surface area contributed by atoms with Crippen LogP contribution in [0.2, 0.25) is 5.02 Å². The van der Waals surface area contributed by atoms with Gasteiger partial charge in [0, 0.05) is 11.1 Å². The zero-order valence-corrected chi connectivity index (χ0v) is 10.2. The lowest BCUT2D eigenvalue weighted by Gasteiger charge is -2.14. The first-order valence-electron chi connectivity index (χ1n) is 5.23. The van der Waals surface area contributed by atoms with Crippen LogP contribution in [0.1, 0.15) is 18.9 Å². The molecule has 0 radical (unpaired) electrons. The van der Waals surface area contributed by atoms with Gasteiger partial charge in [-0.3, -0.25) is 9.59 Å². The third-order valence-electron chi connectivity index (χ3n) is 2.20. The van der Waals surface area contributed by atoms with Crippen molar-refractivity contribution < 1.29 is 14.7 Å². The number of amides is 1. The summed E-state index contributed by atoms with van der Waals surface area (Å²) in [6.45, 7) is 1.81. The third-order valence-corrected chi connectivity index (χ3v) is 2.57. The fourth-order valence-corrected chi connectivity index (χ4v) is 1.72. The minimum atomic E-state index is -1.13. The van der Waals surface area contributed by atoms with Gasteiger partial charge in [0.15, 0.2) is 0 Å². The number of hydrogen-bond acceptors (Lipinski definition) is 2. The number of aliphatic carboxylic acids is 1. The molecule has 4 nitrogen and oxygen atoms in total. The van der Waals surface area contributed by atoms with E-state index in [0.717, 1.165) is 5.56 Å². The summed E-state index contributed by atoms with van der Waals surface area (Å²) < 4.78 is 0. The Balaban J connectivity index is 2.50. The summed E-state index contributed by atoms with van der Waals surface area (Å²) in [7, 11) is 0. The molecule has 92 valence electrons. The molecule has 1 amide bonds. The van der Waals surface area contributed by atoms with Gasteiger partial charge in [0.1, 0.15) is 6.42 Å². The normalized spacial score (nSPS) is 11.9. The topological polar surface area (TPSA) is 66.4 Å². The van der Waals surface area contributed by atoms with Gasteiger partial charge in [-0.15, -0.1) is 0 Å².